The zero-order valence-corrected chi connectivity index (χ0v) is 21.3. The summed E-state index contributed by atoms with van der Waals surface area (Å²) in [4.78, 5) is 45.1. The minimum atomic E-state index is -0.533. The van der Waals surface area contributed by atoms with Gasteiger partial charge in [-0.15, -0.1) is 0 Å². The van der Waals surface area contributed by atoms with Crippen LogP contribution < -0.4 is 0 Å². The molecule has 1 aliphatic rings. The van der Waals surface area contributed by atoms with Crippen LogP contribution in [-0.4, -0.2) is 69.8 Å². The molecular formula is C25H41N3O4. The Morgan fingerprint density at radius 2 is 1.81 bits per heavy atom. The van der Waals surface area contributed by atoms with Crippen molar-refractivity contribution < 1.29 is 19.1 Å². The number of carbonyl (C=O) groups is 3. The number of ketones is 2. The van der Waals surface area contributed by atoms with E-state index in [1.54, 1.807) is 4.90 Å². The molecule has 1 saturated heterocycles. The van der Waals surface area contributed by atoms with Gasteiger partial charge in [-0.25, -0.2) is 4.79 Å². The molecule has 1 fully saturated rings. The topological polar surface area (TPSA) is 82.7 Å². The maximum absolute atomic E-state index is 13.3. The predicted octanol–water partition coefficient (Wildman–Crippen LogP) is 4.76. The van der Waals surface area contributed by atoms with Gasteiger partial charge in [0.1, 0.15) is 5.60 Å². The highest BCUT2D eigenvalue weighted by atomic mass is 16.6. The Bertz CT molecular complexity index is 850. The first-order valence-electron chi connectivity index (χ1n) is 11.7. The highest BCUT2D eigenvalue weighted by Gasteiger charge is 2.33. The monoisotopic (exact) mass is 447 g/mol. The summed E-state index contributed by atoms with van der Waals surface area (Å²) in [7, 11) is 0. The van der Waals surface area contributed by atoms with E-state index in [9.17, 15) is 14.4 Å². The van der Waals surface area contributed by atoms with Crippen molar-refractivity contribution in [3.63, 3.8) is 0 Å². The number of aromatic amines is 1. The van der Waals surface area contributed by atoms with Crippen LogP contribution >= 0.6 is 0 Å². The van der Waals surface area contributed by atoms with Gasteiger partial charge in [-0.3, -0.25) is 14.5 Å². The molecule has 32 heavy (non-hydrogen) atoms. The Morgan fingerprint density at radius 3 is 2.31 bits per heavy atom. The van der Waals surface area contributed by atoms with Crippen LogP contribution in [0.3, 0.4) is 0 Å². The lowest BCUT2D eigenvalue weighted by Gasteiger charge is -2.39. The summed E-state index contributed by atoms with van der Waals surface area (Å²) in [6.07, 6.45) is 1.70. The lowest BCUT2D eigenvalue weighted by atomic mass is 9.94. The number of aryl methyl sites for hydroxylation is 1. The molecule has 2 rings (SSSR count). The summed E-state index contributed by atoms with van der Waals surface area (Å²) in [6, 6.07) is -0.266. The molecule has 0 spiro atoms. The lowest BCUT2D eigenvalue weighted by molar-refractivity contribution is 0.0107. The van der Waals surface area contributed by atoms with Crippen LogP contribution in [0.4, 0.5) is 4.79 Å². The first kappa shape index (κ1) is 26.1. The van der Waals surface area contributed by atoms with Gasteiger partial charge in [-0.2, -0.15) is 0 Å². The van der Waals surface area contributed by atoms with Crippen LogP contribution in [0.5, 0.6) is 0 Å². The molecule has 1 amide bonds. The van der Waals surface area contributed by atoms with Crippen molar-refractivity contribution in [1.29, 1.82) is 0 Å². The standard InChI is InChI=1S/C25H41N3O4/c1-15(2)28(24(31)32-25(7,8)9)14-20-11-10-12-27(13-20)18(5)23(30)22-16(3)21(19(6)29)17(4)26-22/h15,18,20,26H,10-14H2,1-9H3. The number of nitrogens with zero attached hydrogens (tertiary/aromatic N) is 2. The molecule has 7 nitrogen and oxygen atoms in total. The normalized spacial score (nSPS) is 18.5. The molecule has 7 heteroatoms. The number of aromatic nitrogens is 1. The van der Waals surface area contributed by atoms with Gasteiger partial charge < -0.3 is 14.6 Å². The highest BCUT2D eigenvalue weighted by Crippen LogP contribution is 2.25. The molecule has 2 heterocycles. The molecule has 2 atom stereocenters. The summed E-state index contributed by atoms with van der Waals surface area (Å²) < 4.78 is 5.61. The lowest BCUT2D eigenvalue weighted by Crippen LogP contribution is -2.50. The molecule has 0 bridgehead atoms. The first-order valence-corrected chi connectivity index (χ1v) is 11.7. The third-order valence-corrected chi connectivity index (χ3v) is 6.22. The van der Waals surface area contributed by atoms with E-state index in [0.717, 1.165) is 37.2 Å². The molecule has 180 valence electrons. The summed E-state index contributed by atoms with van der Waals surface area (Å²) in [5.74, 6) is 0.247. The van der Waals surface area contributed by atoms with Crippen molar-refractivity contribution in [2.45, 2.75) is 92.8 Å². The average molecular weight is 448 g/mol. The smallest absolute Gasteiger partial charge is 0.410 e. The van der Waals surface area contributed by atoms with Gasteiger partial charge in [0.15, 0.2) is 11.6 Å². The number of Topliss-reactive ketones (excluding diaryl/α,β-unsaturated/α-hetero) is 2. The molecule has 0 radical (unpaired) electrons. The van der Waals surface area contributed by atoms with E-state index in [1.165, 1.54) is 6.92 Å². The first-order chi connectivity index (χ1) is 14.7. The number of carbonyl (C=O) groups excluding carboxylic acids is 3. The van der Waals surface area contributed by atoms with Gasteiger partial charge in [0.2, 0.25) is 0 Å². The zero-order valence-electron chi connectivity index (χ0n) is 21.3. The average Bonchev–Trinajstić information content (AvgIpc) is 2.97. The fourth-order valence-corrected chi connectivity index (χ4v) is 4.59. The van der Waals surface area contributed by atoms with Crippen LogP contribution in [0.25, 0.3) is 0 Å². The second-order valence-corrected chi connectivity index (χ2v) is 10.5. The number of hydrogen-bond acceptors (Lipinski definition) is 5. The maximum Gasteiger partial charge on any atom is 0.410 e. The van der Waals surface area contributed by atoms with E-state index in [-0.39, 0.29) is 35.7 Å². The third kappa shape index (κ3) is 6.21. The van der Waals surface area contributed by atoms with Gasteiger partial charge in [0, 0.05) is 30.4 Å². The number of likely N-dealkylation sites (tertiary alicyclic amines) is 1. The van der Waals surface area contributed by atoms with Crippen LogP contribution in [0, 0.1) is 19.8 Å². The number of hydrogen-bond donors (Lipinski definition) is 1. The highest BCUT2D eigenvalue weighted by molar-refractivity contribution is 6.05. The fraction of sp³-hybridized carbons (Fsp3) is 0.720. The van der Waals surface area contributed by atoms with Crippen LogP contribution in [0.1, 0.15) is 93.4 Å². The number of ether oxygens (including phenoxy) is 1. The predicted molar refractivity (Wildman–Crippen MR) is 126 cm³/mol. The second-order valence-electron chi connectivity index (χ2n) is 10.5. The number of nitrogens with one attached hydrogen (secondary N) is 1. The number of piperidine rings is 1. The van der Waals surface area contributed by atoms with E-state index in [2.05, 4.69) is 9.88 Å². The largest absolute Gasteiger partial charge is 0.444 e. The van der Waals surface area contributed by atoms with Gasteiger partial charge in [0.25, 0.3) is 0 Å². The maximum atomic E-state index is 13.3. The summed E-state index contributed by atoms with van der Waals surface area (Å²) >= 11 is 0. The van der Waals surface area contributed by atoms with E-state index < -0.39 is 5.60 Å². The van der Waals surface area contributed by atoms with Gasteiger partial charge in [-0.1, -0.05) is 0 Å². The Balaban J connectivity index is 2.11. The van der Waals surface area contributed by atoms with Crippen molar-refractivity contribution in [1.82, 2.24) is 14.8 Å². The minimum Gasteiger partial charge on any atom is -0.444 e. The molecule has 2 unspecified atom stereocenters. The molecule has 1 aliphatic heterocycles. The SMILES string of the molecule is CC(=O)c1c(C)[nH]c(C(=O)C(C)N2CCCC(CN(C(=O)OC(C)(C)C)C(C)C)C2)c1C. The Hall–Kier alpha value is -2.15. The van der Waals surface area contributed by atoms with E-state index in [0.29, 0.717) is 17.8 Å². The summed E-state index contributed by atoms with van der Waals surface area (Å²) in [6.45, 7) is 19.0. The molecule has 1 aromatic heterocycles. The third-order valence-electron chi connectivity index (χ3n) is 6.22. The number of rotatable bonds is 7. The van der Waals surface area contributed by atoms with Crippen molar-refractivity contribution in [3.05, 3.63) is 22.5 Å². The molecular weight excluding hydrogens is 406 g/mol. The molecule has 0 saturated carbocycles. The van der Waals surface area contributed by atoms with Crippen molar-refractivity contribution in [2.75, 3.05) is 19.6 Å². The summed E-state index contributed by atoms with van der Waals surface area (Å²) in [5, 5.41) is 0. The Kier molecular flexibility index (Phi) is 8.32. The van der Waals surface area contributed by atoms with E-state index >= 15 is 0 Å². The van der Waals surface area contributed by atoms with E-state index in [4.69, 9.17) is 4.74 Å². The second kappa shape index (κ2) is 10.2. The Morgan fingerprint density at radius 1 is 1.19 bits per heavy atom. The molecule has 0 aliphatic carbocycles. The van der Waals surface area contributed by atoms with Crippen LogP contribution in [0.2, 0.25) is 0 Å². The number of H-pyrrole nitrogens is 1. The van der Waals surface area contributed by atoms with Gasteiger partial charge >= 0.3 is 6.09 Å². The molecule has 1 N–H and O–H groups in total. The zero-order chi connectivity index (χ0) is 24.4. The van der Waals surface area contributed by atoms with Crippen molar-refractivity contribution in [3.8, 4) is 0 Å². The fourth-order valence-electron chi connectivity index (χ4n) is 4.59. The van der Waals surface area contributed by atoms with Crippen LogP contribution in [0.15, 0.2) is 0 Å². The quantitative estimate of drug-likeness (QED) is 0.609. The van der Waals surface area contributed by atoms with Crippen LogP contribution in [-0.2, 0) is 4.74 Å². The van der Waals surface area contributed by atoms with Crippen molar-refractivity contribution >= 4 is 17.7 Å². The number of amides is 1. The Labute approximate surface area is 192 Å². The van der Waals surface area contributed by atoms with Gasteiger partial charge in [-0.05, 0) is 93.2 Å². The molecule has 0 aromatic carbocycles. The van der Waals surface area contributed by atoms with E-state index in [1.807, 2.05) is 55.4 Å². The van der Waals surface area contributed by atoms with Gasteiger partial charge in [0.05, 0.1) is 11.7 Å². The summed E-state index contributed by atoms with van der Waals surface area (Å²) in [5.41, 5.74) is 2.08. The van der Waals surface area contributed by atoms with Crippen molar-refractivity contribution in [2.24, 2.45) is 5.92 Å². The minimum absolute atomic E-state index is 0.00612. The molecule has 1 aromatic rings.